The van der Waals surface area contributed by atoms with Crippen molar-refractivity contribution in [3.8, 4) is 0 Å². The lowest BCUT2D eigenvalue weighted by Gasteiger charge is -2.19. The van der Waals surface area contributed by atoms with Crippen LogP contribution in [0.25, 0.3) is 0 Å². The Balaban J connectivity index is 3.38. The summed E-state index contributed by atoms with van der Waals surface area (Å²) in [5, 5.41) is 17.3. The van der Waals surface area contributed by atoms with Crippen molar-refractivity contribution < 1.29 is 19.7 Å². The molecule has 15 heavy (non-hydrogen) atoms. The molecule has 0 bridgehead atoms. The fraction of sp³-hybridized carbons (Fsp3) is 1.00. The second-order valence-corrected chi connectivity index (χ2v) is 3.52. The maximum atomic E-state index is 11.5. The molecule has 0 fully saturated rings. The quantitative estimate of drug-likeness (QED) is 0.507. The van der Waals surface area contributed by atoms with Crippen molar-refractivity contribution in [2.45, 2.75) is 25.7 Å². The van der Waals surface area contributed by atoms with Crippen molar-refractivity contribution in [2.75, 3.05) is 39.5 Å². The van der Waals surface area contributed by atoms with Gasteiger partial charge >= 0.3 is 0 Å². The lowest BCUT2D eigenvalue weighted by Crippen LogP contribution is -2.31. The normalized spacial score (nSPS) is 11.2. The molecule has 0 aliphatic rings. The van der Waals surface area contributed by atoms with E-state index in [0.717, 1.165) is 32.2 Å². The third kappa shape index (κ3) is 10.1. The predicted octanol–water partition coefficient (Wildman–Crippen LogP) is 0.734. The second-order valence-electron chi connectivity index (χ2n) is 3.52. The molecule has 0 radical (unpaired) electrons. The van der Waals surface area contributed by atoms with Gasteiger partial charge < -0.3 is 10.2 Å². The topological polar surface area (TPSA) is 52.9 Å². The van der Waals surface area contributed by atoms with Crippen molar-refractivity contribution in [1.29, 1.82) is 0 Å². The monoisotopic (exact) mass is 223 g/mol. The van der Waals surface area contributed by atoms with Crippen LogP contribution < -0.4 is 0 Å². The molecule has 0 aromatic heterocycles. The lowest BCUT2D eigenvalue weighted by molar-refractivity contribution is -0.136. The third-order valence-electron chi connectivity index (χ3n) is 2.28. The number of unbranched alkanes of at least 4 members (excludes halogenated alkanes) is 3. The van der Waals surface area contributed by atoms with Gasteiger partial charge in [0, 0.05) is 19.7 Å². The van der Waals surface area contributed by atoms with Gasteiger partial charge in [-0.15, -0.1) is 0 Å². The molecule has 0 saturated carbocycles. The number of hydrogen-bond acceptors (Lipinski definition) is 4. The van der Waals surface area contributed by atoms with E-state index in [9.17, 15) is 4.53 Å². The summed E-state index contributed by atoms with van der Waals surface area (Å²) in [5.41, 5.74) is 0. The van der Waals surface area contributed by atoms with Crippen LogP contribution in [0.2, 0.25) is 0 Å². The molecule has 5 heteroatoms. The summed E-state index contributed by atoms with van der Waals surface area (Å²) in [4.78, 5) is 5.48. The highest BCUT2D eigenvalue weighted by Gasteiger charge is 2.03. The van der Waals surface area contributed by atoms with E-state index in [2.05, 4.69) is 4.94 Å². The zero-order valence-corrected chi connectivity index (χ0v) is 9.20. The average Bonchev–Trinajstić information content (AvgIpc) is 2.25. The molecule has 0 aromatic rings. The number of aliphatic hydroxyl groups excluding tert-OH is 2. The van der Waals surface area contributed by atoms with Crippen molar-refractivity contribution in [2.24, 2.45) is 0 Å². The van der Waals surface area contributed by atoms with E-state index < -0.39 is 0 Å². The SMILES string of the molecule is OCCCCCCN(CCO)CCOF. The Hall–Kier alpha value is -0.230. The molecule has 0 aliphatic carbocycles. The molecule has 4 nitrogen and oxygen atoms in total. The summed E-state index contributed by atoms with van der Waals surface area (Å²) in [7, 11) is 0. The first-order chi connectivity index (χ1) is 7.35. The van der Waals surface area contributed by atoms with Gasteiger partial charge in [-0.2, -0.15) is 4.94 Å². The number of rotatable bonds is 11. The Morgan fingerprint density at radius 2 is 1.60 bits per heavy atom. The highest BCUT2D eigenvalue weighted by atomic mass is 19.3. The Morgan fingerprint density at radius 1 is 0.867 bits per heavy atom. The Kier molecular flexibility index (Phi) is 11.7. The number of nitrogens with zero attached hydrogens (tertiary/aromatic N) is 1. The third-order valence-corrected chi connectivity index (χ3v) is 2.28. The highest BCUT2D eigenvalue weighted by Crippen LogP contribution is 2.01. The standard InChI is InChI=1S/C10H22FNO3/c11-15-10-7-12(6-9-14)5-3-1-2-4-8-13/h13-14H,1-10H2. The first-order valence-electron chi connectivity index (χ1n) is 5.52. The average molecular weight is 223 g/mol. The van der Waals surface area contributed by atoms with Gasteiger partial charge in [-0.1, -0.05) is 12.8 Å². The summed E-state index contributed by atoms with van der Waals surface area (Å²) in [6.07, 6.45) is 3.92. The minimum atomic E-state index is 0.0522. The van der Waals surface area contributed by atoms with Crippen LogP contribution in [-0.4, -0.2) is 54.6 Å². The van der Waals surface area contributed by atoms with E-state index in [0.29, 0.717) is 13.1 Å². The van der Waals surface area contributed by atoms with Crippen LogP contribution in [0.3, 0.4) is 0 Å². The zero-order chi connectivity index (χ0) is 11.4. The molecule has 2 N–H and O–H groups in total. The summed E-state index contributed by atoms with van der Waals surface area (Å²) >= 11 is 0. The van der Waals surface area contributed by atoms with Gasteiger partial charge in [0.25, 0.3) is 0 Å². The lowest BCUT2D eigenvalue weighted by atomic mass is 10.2. The van der Waals surface area contributed by atoms with E-state index >= 15 is 0 Å². The minimum Gasteiger partial charge on any atom is -0.396 e. The number of hydrogen-bond donors (Lipinski definition) is 2. The molecule has 0 spiro atoms. The summed E-state index contributed by atoms with van der Waals surface area (Å²) in [6, 6.07) is 0. The molecule has 0 rings (SSSR count). The molecule has 0 aliphatic heterocycles. The van der Waals surface area contributed by atoms with Crippen LogP contribution >= 0.6 is 0 Å². The smallest absolute Gasteiger partial charge is 0.100 e. The Bertz CT molecular complexity index is 127. The van der Waals surface area contributed by atoms with Gasteiger partial charge in [0.2, 0.25) is 0 Å². The summed E-state index contributed by atoms with van der Waals surface area (Å²) in [5.74, 6) is 0. The van der Waals surface area contributed by atoms with Crippen LogP contribution in [0, 0.1) is 0 Å². The Labute approximate surface area is 90.6 Å². The van der Waals surface area contributed by atoms with E-state index in [1.807, 2.05) is 4.90 Å². The first kappa shape index (κ1) is 14.8. The van der Waals surface area contributed by atoms with Crippen LogP contribution in [0.1, 0.15) is 25.7 Å². The minimum absolute atomic E-state index is 0.0522. The Morgan fingerprint density at radius 3 is 2.20 bits per heavy atom. The predicted molar refractivity (Wildman–Crippen MR) is 56.1 cm³/mol. The van der Waals surface area contributed by atoms with Gasteiger partial charge in [-0.25, -0.2) is 0 Å². The van der Waals surface area contributed by atoms with Gasteiger partial charge in [0.05, 0.1) is 6.61 Å². The van der Waals surface area contributed by atoms with Gasteiger partial charge in [0.1, 0.15) is 6.61 Å². The molecule has 0 aromatic carbocycles. The molecule has 92 valence electrons. The fourth-order valence-corrected chi connectivity index (χ4v) is 1.44. The van der Waals surface area contributed by atoms with Crippen LogP contribution in [-0.2, 0) is 4.94 Å². The number of halogens is 1. The molecule has 0 unspecified atom stereocenters. The van der Waals surface area contributed by atoms with E-state index in [1.165, 1.54) is 0 Å². The largest absolute Gasteiger partial charge is 0.396 e. The van der Waals surface area contributed by atoms with E-state index in [-0.39, 0.29) is 19.8 Å². The second kappa shape index (κ2) is 11.8. The molecule has 0 saturated heterocycles. The highest BCUT2D eigenvalue weighted by molar-refractivity contribution is 4.57. The summed E-state index contributed by atoms with van der Waals surface area (Å²) < 4.78 is 11.5. The molecule has 0 atom stereocenters. The maximum absolute atomic E-state index is 11.5. The molecular weight excluding hydrogens is 201 g/mol. The van der Waals surface area contributed by atoms with Gasteiger partial charge in [-0.3, -0.25) is 4.90 Å². The number of aliphatic hydroxyl groups is 2. The van der Waals surface area contributed by atoms with Crippen molar-refractivity contribution in [1.82, 2.24) is 4.90 Å². The molecule has 0 amide bonds. The fourth-order valence-electron chi connectivity index (χ4n) is 1.44. The van der Waals surface area contributed by atoms with Gasteiger partial charge in [0.15, 0.2) is 0 Å². The zero-order valence-electron chi connectivity index (χ0n) is 9.20. The van der Waals surface area contributed by atoms with Gasteiger partial charge in [-0.05, 0) is 23.9 Å². The van der Waals surface area contributed by atoms with Crippen molar-refractivity contribution in [3.05, 3.63) is 0 Å². The molecule has 0 heterocycles. The van der Waals surface area contributed by atoms with E-state index in [4.69, 9.17) is 10.2 Å². The van der Waals surface area contributed by atoms with Crippen LogP contribution in [0.5, 0.6) is 0 Å². The maximum Gasteiger partial charge on any atom is 0.100 e. The van der Waals surface area contributed by atoms with Crippen molar-refractivity contribution >= 4 is 0 Å². The molecular formula is C10H22FNO3. The van der Waals surface area contributed by atoms with Crippen LogP contribution in [0.15, 0.2) is 0 Å². The summed E-state index contributed by atoms with van der Waals surface area (Å²) in [6.45, 7) is 2.30. The van der Waals surface area contributed by atoms with Crippen molar-refractivity contribution in [3.63, 3.8) is 0 Å². The van der Waals surface area contributed by atoms with Crippen LogP contribution in [0.4, 0.5) is 4.53 Å². The van der Waals surface area contributed by atoms with E-state index in [1.54, 1.807) is 0 Å². The first-order valence-corrected chi connectivity index (χ1v) is 5.52.